The lowest BCUT2D eigenvalue weighted by Crippen LogP contribution is -2.10. The van der Waals surface area contributed by atoms with Gasteiger partial charge < -0.3 is 19.9 Å². The van der Waals surface area contributed by atoms with E-state index < -0.39 is 12.1 Å². The number of carbonyl (C=O) groups is 1. The number of aliphatic hydroxyl groups excluding tert-OH is 1. The molecule has 6 heteroatoms. The molecule has 0 bridgehead atoms. The maximum absolute atomic E-state index is 10.7. The second kappa shape index (κ2) is 3.82. The Morgan fingerprint density at radius 2 is 2.31 bits per heavy atom. The maximum atomic E-state index is 10.7. The summed E-state index contributed by atoms with van der Waals surface area (Å²) in [6, 6.07) is 2.99. The first-order valence-corrected chi connectivity index (χ1v) is 4.55. The average molecular weight is 222 g/mol. The van der Waals surface area contributed by atoms with Crippen molar-refractivity contribution in [3.63, 3.8) is 0 Å². The second-order valence-corrected chi connectivity index (χ2v) is 3.26. The number of carboxylic acid groups (broad SMARTS) is 1. The number of aliphatic carboxylic acids is 1. The van der Waals surface area contributed by atoms with Crippen LogP contribution in [0.5, 0.6) is 5.75 Å². The minimum atomic E-state index is -1.57. The Hall–Kier alpha value is -2.08. The Morgan fingerprint density at radius 3 is 2.94 bits per heavy atom. The zero-order valence-electron chi connectivity index (χ0n) is 8.47. The predicted octanol–water partition coefficient (Wildman–Crippen LogP) is 0.690. The summed E-state index contributed by atoms with van der Waals surface area (Å²) in [7, 11) is 1.46. The molecule has 0 amide bonds. The zero-order chi connectivity index (χ0) is 11.7. The smallest absolute Gasteiger partial charge is 0.337 e. The fraction of sp³-hybridized carbons (Fsp3) is 0.200. The number of benzene rings is 1. The van der Waals surface area contributed by atoms with Crippen molar-refractivity contribution in [2.24, 2.45) is 0 Å². The van der Waals surface area contributed by atoms with E-state index in [1.54, 1.807) is 0 Å². The topological polar surface area (TPSA) is 95.4 Å². The Kier molecular flexibility index (Phi) is 2.49. The highest BCUT2D eigenvalue weighted by Gasteiger charge is 2.18. The number of aromatic nitrogens is 2. The molecule has 1 aromatic heterocycles. The first kappa shape index (κ1) is 10.4. The van der Waals surface area contributed by atoms with Crippen molar-refractivity contribution in [3.05, 3.63) is 24.0 Å². The predicted molar refractivity (Wildman–Crippen MR) is 55.2 cm³/mol. The molecule has 0 radical (unpaired) electrons. The van der Waals surface area contributed by atoms with Crippen molar-refractivity contribution < 1.29 is 19.7 Å². The molecule has 0 aliphatic carbocycles. The molecule has 2 aromatic rings. The number of aliphatic hydroxyl groups is 1. The van der Waals surface area contributed by atoms with Gasteiger partial charge in [0.15, 0.2) is 6.10 Å². The second-order valence-electron chi connectivity index (χ2n) is 3.26. The largest absolute Gasteiger partial charge is 0.494 e. The van der Waals surface area contributed by atoms with Gasteiger partial charge in [0.2, 0.25) is 0 Å². The molecule has 16 heavy (non-hydrogen) atoms. The van der Waals surface area contributed by atoms with Crippen LogP contribution >= 0.6 is 0 Å². The number of aromatic amines is 1. The van der Waals surface area contributed by atoms with Crippen LogP contribution in [-0.2, 0) is 4.79 Å². The number of imidazole rings is 1. The summed E-state index contributed by atoms with van der Waals surface area (Å²) in [5.41, 5.74) is 1.47. The maximum Gasteiger partial charge on any atom is 0.337 e. The molecule has 2 rings (SSSR count). The fourth-order valence-corrected chi connectivity index (χ4v) is 1.49. The molecule has 1 aromatic carbocycles. The lowest BCUT2D eigenvalue weighted by Gasteiger charge is -2.08. The fourth-order valence-electron chi connectivity index (χ4n) is 1.49. The highest BCUT2D eigenvalue weighted by Crippen LogP contribution is 2.27. The van der Waals surface area contributed by atoms with Crippen LogP contribution in [0.1, 0.15) is 11.7 Å². The number of methoxy groups -OCH3 is 1. The molecule has 1 unspecified atom stereocenters. The molecule has 0 aliphatic heterocycles. The lowest BCUT2D eigenvalue weighted by molar-refractivity contribution is -0.146. The molecule has 0 fully saturated rings. The summed E-state index contributed by atoms with van der Waals surface area (Å²) in [5.74, 6) is -0.880. The Balaban J connectivity index is 2.59. The molecule has 3 N–H and O–H groups in total. The molecule has 6 nitrogen and oxygen atoms in total. The summed E-state index contributed by atoms with van der Waals surface area (Å²) in [6.45, 7) is 0. The van der Waals surface area contributed by atoms with Gasteiger partial charge in [-0.2, -0.15) is 0 Å². The van der Waals surface area contributed by atoms with Crippen molar-refractivity contribution in [1.29, 1.82) is 0 Å². The minimum Gasteiger partial charge on any atom is -0.494 e. The van der Waals surface area contributed by atoms with E-state index in [4.69, 9.17) is 9.84 Å². The van der Waals surface area contributed by atoms with Crippen molar-refractivity contribution in [2.45, 2.75) is 6.10 Å². The third kappa shape index (κ3) is 1.59. The normalized spacial score (nSPS) is 12.6. The number of nitrogens with one attached hydrogen (secondary N) is 1. The highest BCUT2D eigenvalue weighted by molar-refractivity contribution is 5.84. The van der Waals surface area contributed by atoms with Gasteiger partial charge in [-0.3, -0.25) is 0 Å². The number of fused-ring (bicyclic) bond motifs is 1. The van der Waals surface area contributed by atoms with Crippen molar-refractivity contribution in [3.8, 4) is 5.75 Å². The summed E-state index contributed by atoms with van der Waals surface area (Å²) < 4.78 is 5.07. The van der Waals surface area contributed by atoms with Gasteiger partial charge in [0, 0.05) is 0 Å². The summed E-state index contributed by atoms with van der Waals surface area (Å²) in [6.07, 6.45) is -0.0917. The third-order valence-corrected chi connectivity index (χ3v) is 2.28. The van der Waals surface area contributed by atoms with Crippen LogP contribution in [0.15, 0.2) is 18.5 Å². The number of nitrogens with zero attached hydrogens (tertiary/aromatic N) is 1. The number of carboxylic acids is 1. The van der Waals surface area contributed by atoms with Crippen molar-refractivity contribution in [2.75, 3.05) is 7.11 Å². The van der Waals surface area contributed by atoms with Gasteiger partial charge in [-0.05, 0) is 17.7 Å². The number of ether oxygens (including phenoxy) is 1. The molecular weight excluding hydrogens is 212 g/mol. The van der Waals surface area contributed by atoms with Gasteiger partial charge in [0.1, 0.15) is 11.3 Å². The Bertz CT molecular complexity index is 535. The van der Waals surface area contributed by atoms with Gasteiger partial charge in [-0.1, -0.05) is 0 Å². The molecular formula is C10H10N2O4. The van der Waals surface area contributed by atoms with Crippen LogP contribution in [0, 0.1) is 0 Å². The molecule has 1 heterocycles. The number of rotatable bonds is 3. The van der Waals surface area contributed by atoms with Crippen LogP contribution in [-0.4, -0.2) is 33.3 Å². The Labute approximate surface area is 90.5 Å². The van der Waals surface area contributed by atoms with E-state index in [-0.39, 0.29) is 5.56 Å². The first-order chi connectivity index (χ1) is 7.63. The molecule has 0 aliphatic rings. The number of H-pyrrole nitrogens is 1. The quantitative estimate of drug-likeness (QED) is 0.710. The highest BCUT2D eigenvalue weighted by atomic mass is 16.5. The first-order valence-electron chi connectivity index (χ1n) is 4.55. The Morgan fingerprint density at radius 1 is 1.56 bits per heavy atom. The van der Waals surface area contributed by atoms with Crippen molar-refractivity contribution >= 4 is 17.0 Å². The standard InChI is InChI=1S/C10H10N2O4/c1-16-7-3-5(9(13)10(14)15)2-6-8(7)12-4-11-6/h2-4,9,13H,1H3,(H,11,12)(H,14,15). The average Bonchev–Trinajstić information content (AvgIpc) is 2.74. The molecule has 0 saturated heterocycles. The number of hydrogen-bond donors (Lipinski definition) is 3. The van der Waals surface area contributed by atoms with E-state index in [2.05, 4.69) is 9.97 Å². The van der Waals surface area contributed by atoms with Crippen molar-refractivity contribution in [1.82, 2.24) is 9.97 Å². The van der Waals surface area contributed by atoms with E-state index in [1.807, 2.05) is 0 Å². The summed E-state index contributed by atoms with van der Waals surface area (Å²) in [5, 5.41) is 18.1. The van der Waals surface area contributed by atoms with Gasteiger partial charge in [-0.25, -0.2) is 9.78 Å². The number of hydrogen-bond acceptors (Lipinski definition) is 4. The third-order valence-electron chi connectivity index (χ3n) is 2.28. The molecule has 84 valence electrons. The van der Waals surface area contributed by atoms with Crippen LogP contribution in [0.2, 0.25) is 0 Å². The van der Waals surface area contributed by atoms with Crippen LogP contribution in [0.25, 0.3) is 11.0 Å². The lowest BCUT2D eigenvalue weighted by atomic mass is 10.1. The van der Waals surface area contributed by atoms with Gasteiger partial charge in [0.05, 0.1) is 19.0 Å². The van der Waals surface area contributed by atoms with Crippen LogP contribution in [0.3, 0.4) is 0 Å². The SMILES string of the molecule is COc1cc(C(O)C(=O)O)cc2[nH]cnc12. The summed E-state index contributed by atoms with van der Waals surface area (Å²) >= 11 is 0. The molecule has 0 spiro atoms. The van der Waals surface area contributed by atoms with E-state index in [9.17, 15) is 9.90 Å². The van der Waals surface area contributed by atoms with Crippen LogP contribution in [0.4, 0.5) is 0 Å². The molecule has 0 saturated carbocycles. The summed E-state index contributed by atoms with van der Waals surface area (Å²) in [4.78, 5) is 17.5. The minimum absolute atomic E-state index is 0.251. The van der Waals surface area contributed by atoms with Gasteiger partial charge in [-0.15, -0.1) is 0 Å². The molecule has 1 atom stereocenters. The zero-order valence-corrected chi connectivity index (χ0v) is 8.47. The van der Waals surface area contributed by atoms with E-state index in [1.165, 1.54) is 25.6 Å². The van der Waals surface area contributed by atoms with Gasteiger partial charge >= 0.3 is 5.97 Å². The van der Waals surface area contributed by atoms with Gasteiger partial charge in [0.25, 0.3) is 0 Å². The van der Waals surface area contributed by atoms with E-state index in [0.29, 0.717) is 16.8 Å². The van der Waals surface area contributed by atoms with E-state index in [0.717, 1.165) is 0 Å². The monoisotopic (exact) mass is 222 g/mol. The van der Waals surface area contributed by atoms with Crippen LogP contribution < -0.4 is 4.74 Å². The van der Waals surface area contributed by atoms with E-state index >= 15 is 0 Å².